The SMILES string of the molecule is c1ccc(-c2ccc3ccc4ccc(-c5ccc(-c6ccc(-c7ccc8c9ccccc9c9ccccc9c8c7)c7ccccc67)cc5)nc4c3n2)cc1. The van der Waals surface area contributed by atoms with E-state index in [2.05, 4.69) is 188 Å². The molecule has 250 valence electrons. The van der Waals surface area contributed by atoms with Crippen LogP contribution in [0.25, 0.3) is 110 Å². The summed E-state index contributed by atoms with van der Waals surface area (Å²) in [7, 11) is 0. The fourth-order valence-electron chi connectivity index (χ4n) is 8.40. The number of benzene rings is 9. The zero-order chi connectivity index (χ0) is 35.6. The number of hydrogen-bond donors (Lipinski definition) is 0. The van der Waals surface area contributed by atoms with E-state index >= 15 is 0 Å². The topological polar surface area (TPSA) is 25.8 Å². The molecule has 0 spiro atoms. The Bertz CT molecular complexity index is 3220. The first-order valence-corrected chi connectivity index (χ1v) is 18.5. The van der Waals surface area contributed by atoms with Crippen molar-refractivity contribution in [1.29, 1.82) is 0 Å². The van der Waals surface area contributed by atoms with Gasteiger partial charge < -0.3 is 0 Å². The number of nitrogens with zero attached hydrogens (tertiary/aromatic N) is 2. The molecule has 0 atom stereocenters. The van der Waals surface area contributed by atoms with Crippen LogP contribution in [0.2, 0.25) is 0 Å². The van der Waals surface area contributed by atoms with Gasteiger partial charge in [-0.05, 0) is 83.5 Å². The van der Waals surface area contributed by atoms with Crippen molar-refractivity contribution in [3.63, 3.8) is 0 Å². The molecule has 0 amide bonds. The van der Waals surface area contributed by atoms with Gasteiger partial charge in [0.25, 0.3) is 0 Å². The Kier molecular flexibility index (Phi) is 6.90. The van der Waals surface area contributed by atoms with Gasteiger partial charge in [-0.3, -0.25) is 0 Å². The Morgan fingerprint density at radius 3 is 1.19 bits per heavy atom. The van der Waals surface area contributed by atoms with Crippen LogP contribution >= 0.6 is 0 Å². The maximum atomic E-state index is 5.20. The lowest BCUT2D eigenvalue weighted by Gasteiger charge is -2.15. The summed E-state index contributed by atoms with van der Waals surface area (Å²) in [5, 5.41) is 12.4. The average molecular weight is 685 g/mol. The molecule has 0 radical (unpaired) electrons. The van der Waals surface area contributed by atoms with Gasteiger partial charge in [-0.1, -0.05) is 176 Å². The molecular formula is C52H32N2. The second-order valence-electron chi connectivity index (χ2n) is 14.1. The molecule has 9 aromatic carbocycles. The molecule has 0 saturated heterocycles. The Labute approximate surface area is 312 Å². The fourth-order valence-corrected chi connectivity index (χ4v) is 8.40. The van der Waals surface area contributed by atoms with Crippen molar-refractivity contribution in [2.45, 2.75) is 0 Å². The predicted molar refractivity (Wildman–Crippen MR) is 229 cm³/mol. The van der Waals surface area contributed by atoms with Gasteiger partial charge in [0.05, 0.1) is 22.4 Å². The van der Waals surface area contributed by atoms with Gasteiger partial charge in [0.1, 0.15) is 0 Å². The highest BCUT2D eigenvalue weighted by Crippen LogP contribution is 2.40. The third-order valence-corrected chi connectivity index (χ3v) is 11.1. The molecule has 2 aromatic heterocycles. The van der Waals surface area contributed by atoms with Crippen LogP contribution in [0.5, 0.6) is 0 Å². The van der Waals surface area contributed by atoms with Gasteiger partial charge in [-0.15, -0.1) is 0 Å². The maximum absolute atomic E-state index is 5.20. The first-order chi connectivity index (χ1) is 26.8. The number of hydrogen-bond acceptors (Lipinski definition) is 2. The zero-order valence-corrected chi connectivity index (χ0v) is 29.4. The van der Waals surface area contributed by atoms with Gasteiger partial charge in [-0.2, -0.15) is 0 Å². The summed E-state index contributed by atoms with van der Waals surface area (Å²) in [4.78, 5) is 10.3. The lowest BCUT2D eigenvalue weighted by atomic mass is 9.89. The molecule has 11 rings (SSSR count). The van der Waals surface area contributed by atoms with E-state index in [9.17, 15) is 0 Å². The third-order valence-electron chi connectivity index (χ3n) is 11.1. The molecule has 0 bridgehead atoms. The molecule has 2 nitrogen and oxygen atoms in total. The van der Waals surface area contributed by atoms with Crippen molar-refractivity contribution in [1.82, 2.24) is 9.97 Å². The van der Waals surface area contributed by atoms with Crippen LogP contribution in [0.1, 0.15) is 0 Å². The molecule has 54 heavy (non-hydrogen) atoms. The Balaban J connectivity index is 0.988. The van der Waals surface area contributed by atoms with Crippen molar-refractivity contribution in [3.05, 3.63) is 194 Å². The average Bonchev–Trinajstić information content (AvgIpc) is 3.26. The van der Waals surface area contributed by atoms with Gasteiger partial charge in [0.15, 0.2) is 0 Å². The summed E-state index contributed by atoms with van der Waals surface area (Å²) < 4.78 is 0. The highest BCUT2D eigenvalue weighted by Gasteiger charge is 2.14. The highest BCUT2D eigenvalue weighted by atomic mass is 14.8. The minimum Gasteiger partial charge on any atom is -0.245 e. The van der Waals surface area contributed by atoms with Crippen molar-refractivity contribution in [2.75, 3.05) is 0 Å². The predicted octanol–water partition coefficient (Wildman–Crippen LogP) is 14.1. The molecule has 0 aliphatic rings. The second-order valence-corrected chi connectivity index (χ2v) is 14.1. The number of aromatic nitrogens is 2. The summed E-state index contributed by atoms with van der Waals surface area (Å²) in [5.74, 6) is 0. The number of pyridine rings is 2. The lowest BCUT2D eigenvalue weighted by Crippen LogP contribution is -1.91. The van der Waals surface area contributed by atoms with Gasteiger partial charge in [0.2, 0.25) is 0 Å². The van der Waals surface area contributed by atoms with Gasteiger partial charge in [-0.25, -0.2) is 9.97 Å². The van der Waals surface area contributed by atoms with E-state index < -0.39 is 0 Å². The molecule has 0 aliphatic heterocycles. The van der Waals surface area contributed by atoms with E-state index in [1.807, 2.05) is 6.07 Å². The van der Waals surface area contributed by atoms with Crippen molar-refractivity contribution in [2.24, 2.45) is 0 Å². The number of fused-ring (bicyclic) bond motifs is 10. The Morgan fingerprint density at radius 1 is 0.241 bits per heavy atom. The van der Waals surface area contributed by atoms with E-state index in [1.165, 1.54) is 65.3 Å². The van der Waals surface area contributed by atoms with Crippen molar-refractivity contribution >= 4 is 64.9 Å². The van der Waals surface area contributed by atoms with Crippen LogP contribution in [0.15, 0.2) is 194 Å². The molecule has 2 heteroatoms. The van der Waals surface area contributed by atoms with Gasteiger partial charge >= 0.3 is 0 Å². The molecule has 0 fully saturated rings. The maximum Gasteiger partial charge on any atom is 0.0972 e. The van der Waals surface area contributed by atoms with Crippen LogP contribution in [-0.4, -0.2) is 9.97 Å². The molecule has 0 saturated carbocycles. The first-order valence-electron chi connectivity index (χ1n) is 18.5. The zero-order valence-electron chi connectivity index (χ0n) is 29.4. The normalized spacial score (nSPS) is 11.7. The minimum absolute atomic E-state index is 0.920. The fraction of sp³-hybridized carbons (Fsp3) is 0. The van der Waals surface area contributed by atoms with Crippen molar-refractivity contribution in [3.8, 4) is 44.8 Å². The summed E-state index contributed by atoms with van der Waals surface area (Å²) in [6.45, 7) is 0. The Hall–Kier alpha value is -7.16. The van der Waals surface area contributed by atoms with Crippen molar-refractivity contribution < 1.29 is 0 Å². The highest BCUT2D eigenvalue weighted by molar-refractivity contribution is 6.26. The second kappa shape index (κ2) is 12.2. The van der Waals surface area contributed by atoms with E-state index in [-0.39, 0.29) is 0 Å². The largest absolute Gasteiger partial charge is 0.245 e. The number of rotatable bonds is 4. The molecule has 0 N–H and O–H groups in total. The van der Waals surface area contributed by atoms with Crippen LogP contribution in [0.3, 0.4) is 0 Å². The lowest BCUT2D eigenvalue weighted by molar-refractivity contribution is 1.36. The molecular weight excluding hydrogens is 653 g/mol. The van der Waals surface area contributed by atoms with E-state index in [1.54, 1.807) is 0 Å². The molecule has 2 heterocycles. The van der Waals surface area contributed by atoms with E-state index in [4.69, 9.17) is 9.97 Å². The summed E-state index contributed by atoms with van der Waals surface area (Å²) >= 11 is 0. The van der Waals surface area contributed by atoms with E-state index in [0.717, 1.165) is 44.3 Å². The summed E-state index contributed by atoms with van der Waals surface area (Å²) in [6.07, 6.45) is 0. The smallest absolute Gasteiger partial charge is 0.0972 e. The molecule has 11 aromatic rings. The monoisotopic (exact) mass is 684 g/mol. The van der Waals surface area contributed by atoms with E-state index in [0.29, 0.717) is 0 Å². The van der Waals surface area contributed by atoms with Crippen LogP contribution < -0.4 is 0 Å². The minimum atomic E-state index is 0.920. The standard InChI is InChI=1S/C52H32N2/c1-2-10-34(11-3-1)49-30-25-36-22-23-37-26-31-50(54-52(37)51(36)53-49)35-20-18-33(19-21-35)39-28-29-40(42-13-5-4-12-41(39)42)38-24-27-47-45-16-7-6-14-43(45)44-15-8-9-17-46(44)48(47)32-38/h1-32H. The van der Waals surface area contributed by atoms with Crippen LogP contribution in [0, 0.1) is 0 Å². The van der Waals surface area contributed by atoms with Crippen LogP contribution in [-0.2, 0) is 0 Å². The summed E-state index contributed by atoms with van der Waals surface area (Å²) in [5.41, 5.74) is 10.8. The third kappa shape index (κ3) is 4.88. The molecule has 0 aliphatic carbocycles. The van der Waals surface area contributed by atoms with Crippen LogP contribution in [0.4, 0.5) is 0 Å². The first kappa shape index (κ1) is 30.5. The van der Waals surface area contributed by atoms with Gasteiger partial charge in [0, 0.05) is 21.9 Å². The Morgan fingerprint density at radius 2 is 0.630 bits per heavy atom. The molecule has 0 unspecified atom stereocenters. The quantitative estimate of drug-likeness (QED) is 0.172. The summed E-state index contributed by atoms with van der Waals surface area (Å²) in [6, 6.07) is 69.9.